The van der Waals surface area contributed by atoms with Crippen LogP contribution in [-0.4, -0.2) is 22.5 Å². The first kappa shape index (κ1) is 31.1. The molecule has 0 fully saturated rings. The minimum Gasteiger partial charge on any atom is -0.489 e. The second-order valence-electron chi connectivity index (χ2n) is 11.3. The highest BCUT2D eigenvalue weighted by Crippen LogP contribution is 2.51. The van der Waals surface area contributed by atoms with E-state index in [-0.39, 0.29) is 13.0 Å². The number of aliphatic carboxylic acids is 1. The normalized spacial score (nSPS) is 12.2. The molecule has 45 heavy (non-hydrogen) atoms. The van der Waals surface area contributed by atoms with Crippen LogP contribution in [0.4, 0.5) is 5.69 Å². The fourth-order valence-corrected chi connectivity index (χ4v) is 7.47. The van der Waals surface area contributed by atoms with Crippen LogP contribution >= 0.6 is 35.1 Å². The van der Waals surface area contributed by atoms with E-state index in [1.807, 2.05) is 26.8 Å². The van der Waals surface area contributed by atoms with Gasteiger partial charge in [0.2, 0.25) is 0 Å². The number of carboxylic acid groups (broad SMARTS) is 1. The highest BCUT2D eigenvalue weighted by atomic mass is 35.5. The van der Waals surface area contributed by atoms with Gasteiger partial charge in [0.05, 0.1) is 34.3 Å². The molecule has 4 aromatic carbocycles. The zero-order valence-electron chi connectivity index (χ0n) is 25.6. The van der Waals surface area contributed by atoms with Gasteiger partial charge < -0.3 is 18.7 Å². The number of hydrogen-bond donors (Lipinski definition) is 1. The van der Waals surface area contributed by atoms with Crippen LogP contribution in [0.3, 0.4) is 0 Å². The van der Waals surface area contributed by atoms with E-state index >= 15 is 0 Å². The summed E-state index contributed by atoms with van der Waals surface area (Å²) in [6.45, 7) is 8.92. The molecule has 0 unspecified atom stereocenters. The number of nitrogens with zero attached hydrogens (tertiary/aromatic N) is 2. The van der Waals surface area contributed by atoms with Crippen LogP contribution in [0.1, 0.15) is 39.1 Å². The van der Waals surface area contributed by atoms with Gasteiger partial charge in [0.25, 0.3) is 0 Å². The first-order valence-corrected chi connectivity index (χ1v) is 16.4. The van der Waals surface area contributed by atoms with E-state index in [0.29, 0.717) is 39.4 Å². The number of ether oxygens (including phenoxy) is 1. The van der Waals surface area contributed by atoms with E-state index in [2.05, 4.69) is 59.0 Å². The van der Waals surface area contributed by atoms with Crippen molar-refractivity contribution in [3.8, 4) is 39.3 Å². The quantitative estimate of drug-likeness (QED) is 0.166. The molecule has 1 N–H and O–H groups in total. The maximum absolute atomic E-state index is 12.1. The molecule has 0 amide bonds. The number of aromatic nitrogens is 1. The zero-order chi connectivity index (χ0) is 32.0. The maximum Gasteiger partial charge on any atom is 0.307 e. The number of benzene rings is 4. The van der Waals surface area contributed by atoms with Crippen molar-refractivity contribution >= 4 is 46.8 Å². The Morgan fingerprint density at radius 1 is 0.956 bits per heavy atom. The number of carboxylic acids is 1. The number of rotatable bonds is 8. The van der Waals surface area contributed by atoms with Crippen molar-refractivity contribution in [3.63, 3.8) is 0 Å². The highest BCUT2D eigenvalue weighted by molar-refractivity contribution is 7.99. The van der Waals surface area contributed by atoms with Crippen LogP contribution in [0.5, 0.6) is 5.75 Å². The monoisotopic (exact) mass is 658 g/mol. The first-order valence-electron chi connectivity index (χ1n) is 14.5. The Morgan fingerprint density at radius 3 is 2.33 bits per heavy atom. The van der Waals surface area contributed by atoms with Gasteiger partial charge in [-0.3, -0.25) is 4.79 Å². The van der Waals surface area contributed by atoms with Crippen LogP contribution in [-0.2, 0) is 24.4 Å². The first-order chi connectivity index (χ1) is 21.6. The van der Waals surface area contributed by atoms with E-state index in [1.54, 1.807) is 30.1 Å². The van der Waals surface area contributed by atoms with Gasteiger partial charge in [-0.1, -0.05) is 82.3 Å². The number of anilines is 1. The van der Waals surface area contributed by atoms with E-state index in [4.69, 9.17) is 32.5 Å². The minimum absolute atomic E-state index is 0.0583. The number of fused-ring (bicyclic) bond motifs is 3. The van der Waals surface area contributed by atoms with Crippen molar-refractivity contribution < 1.29 is 19.2 Å². The summed E-state index contributed by atoms with van der Waals surface area (Å²) in [6, 6.07) is 19.8. The Labute approximate surface area is 277 Å². The van der Waals surface area contributed by atoms with E-state index < -0.39 is 5.97 Å². The molecule has 1 aliphatic rings. The number of carbonyl (C=O) groups is 1. The standard InChI is InChI=1S/C36H32Cl2N2O4S/c1-19-9-11-23(12-10-19)32-21(3)33-27-15-25(14-13-24(27)17-40(45-5)36(33)20(2)26(32)16-31(41)42)43-18-28-22(4)44-39-35(28)34-29(37)7-6-8-30(34)38/h6-15H,16-18H2,1-5H3,(H,41,42). The smallest absolute Gasteiger partial charge is 0.307 e. The summed E-state index contributed by atoms with van der Waals surface area (Å²) < 4.78 is 14.2. The van der Waals surface area contributed by atoms with Crippen molar-refractivity contribution in [1.29, 1.82) is 0 Å². The summed E-state index contributed by atoms with van der Waals surface area (Å²) in [7, 11) is 0. The zero-order valence-corrected chi connectivity index (χ0v) is 28.0. The third-order valence-electron chi connectivity index (χ3n) is 8.47. The average Bonchev–Trinajstić information content (AvgIpc) is 3.37. The summed E-state index contributed by atoms with van der Waals surface area (Å²) in [5, 5.41) is 15.2. The van der Waals surface area contributed by atoms with Gasteiger partial charge >= 0.3 is 5.97 Å². The van der Waals surface area contributed by atoms with E-state index in [0.717, 1.165) is 61.3 Å². The molecule has 1 aliphatic heterocycles. The van der Waals surface area contributed by atoms with Crippen molar-refractivity contribution in [2.45, 2.75) is 47.3 Å². The average molecular weight is 660 g/mol. The Morgan fingerprint density at radius 2 is 1.67 bits per heavy atom. The van der Waals surface area contributed by atoms with Crippen LogP contribution in [0, 0.1) is 27.7 Å². The number of aryl methyl sites for hydroxylation is 2. The Kier molecular flexibility index (Phi) is 8.61. The highest BCUT2D eigenvalue weighted by Gasteiger charge is 2.31. The molecule has 9 heteroatoms. The molecule has 0 bridgehead atoms. The lowest BCUT2D eigenvalue weighted by Gasteiger charge is -2.36. The van der Waals surface area contributed by atoms with Gasteiger partial charge in [0.1, 0.15) is 23.8 Å². The van der Waals surface area contributed by atoms with Gasteiger partial charge in [-0.05, 0) is 90.9 Å². The van der Waals surface area contributed by atoms with Crippen LogP contribution in [0.25, 0.3) is 33.5 Å². The van der Waals surface area contributed by atoms with Crippen molar-refractivity contribution in [2.24, 2.45) is 0 Å². The molecule has 0 spiro atoms. The molecule has 0 aliphatic carbocycles. The molecule has 5 aromatic rings. The topological polar surface area (TPSA) is 75.8 Å². The third kappa shape index (κ3) is 5.69. The maximum atomic E-state index is 12.1. The summed E-state index contributed by atoms with van der Waals surface area (Å²) >= 11 is 14.6. The SMILES string of the molecule is CSN1Cc2ccc(OCc3c(-c4c(Cl)cccc4Cl)noc3C)cc2-c2c(C)c(-c3ccc(C)cc3)c(CC(=O)O)c(C)c21. The predicted octanol–water partition coefficient (Wildman–Crippen LogP) is 10.0. The van der Waals surface area contributed by atoms with Crippen molar-refractivity contribution in [2.75, 3.05) is 10.6 Å². The van der Waals surface area contributed by atoms with Gasteiger partial charge in [-0.15, -0.1) is 0 Å². The van der Waals surface area contributed by atoms with Crippen LogP contribution in [0.15, 0.2) is 65.2 Å². The fraction of sp³-hybridized carbons (Fsp3) is 0.222. The third-order valence-corrected chi connectivity index (χ3v) is 9.85. The molecule has 6 nitrogen and oxygen atoms in total. The summed E-state index contributed by atoms with van der Waals surface area (Å²) in [6.07, 6.45) is 1.99. The second-order valence-corrected chi connectivity index (χ2v) is 12.9. The van der Waals surface area contributed by atoms with Gasteiger partial charge in [-0.25, -0.2) is 0 Å². The number of halogens is 2. The predicted molar refractivity (Wildman–Crippen MR) is 184 cm³/mol. The fourth-order valence-electron chi connectivity index (χ4n) is 6.21. The molecular formula is C36H32Cl2N2O4S. The lowest BCUT2D eigenvalue weighted by molar-refractivity contribution is -0.136. The lowest BCUT2D eigenvalue weighted by Crippen LogP contribution is -2.22. The molecule has 0 saturated heterocycles. The minimum atomic E-state index is -0.852. The van der Waals surface area contributed by atoms with Crippen LogP contribution in [0.2, 0.25) is 10.0 Å². The van der Waals surface area contributed by atoms with Gasteiger partial charge in [-0.2, -0.15) is 0 Å². The molecular weight excluding hydrogens is 627 g/mol. The Hall–Kier alpha value is -3.91. The molecule has 230 valence electrons. The number of hydrogen-bond acceptors (Lipinski definition) is 6. The Bertz CT molecular complexity index is 1930. The largest absolute Gasteiger partial charge is 0.489 e. The summed E-state index contributed by atoms with van der Waals surface area (Å²) in [5.74, 6) is 0.465. The summed E-state index contributed by atoms with van der Waals surface area (Å²) in [4.78, 5) is 12.1. The molecule has 2 heterocycles. The van der Waals surface area contributed by atoms with Crippen molar-refractivity contribution in [3.05, 3.63) is 110 Å². The van der Waals surface area contributed by atoms with Crippen LogP contribution < -0.4 is 9.04 Å². The lowest BCUT2D eigenvalue weighted by atomic mass is 9.81. The van der Waals surface area contributed by atoms with Gasteiger partial charge in [0.15, 0.2) is 0 Å². The second kappa shape index (κ2) is 12.5. The molecule has 6 rings (SSSR count). The van der Waals surface area contributed by atoms with E-state index in [9.17, 15) is 9.90 Å². The van der Waals surface area contributed by atoms with E-state index in [1.165, 1.54) is 0 Å². The molecule has 0 atom stereocenters. The molecule has 1 aromatic heterocycles. The van der Waals surface area contributed by atoms with Crippen molar-refractivity contribution in [1.82, 2.24) is 5.16 Å². The van der Waals surface area contributed by atoms with Gasteiger partial charge in [0, 0.05) is 17.4 Å². The molecule has 0 saturated carbocycles. The summed E-state index contributed by atoms with van der Waals surface area (Å²) in [5.41, 5.74) is 12.3. The Balaban J connectivity index is 1.46. The molecule has 0 radical (unpaired) electrons.